The summed E-state index contributed by atoms with van der Waals surface area (Å²) in [4.78, 5) is 14.2. The maximum atomic E-state index is 12.6. The third-order valence-electron chi connectivity index (χ3n) is 3.49. The molecule has 1 amide bonds. The van der Waals surface area contributed by atoms with Crippen LogP contribution in [0.15, 0.2) is 46.9 Å². The first-order valence-electron chi connectivity index (χ1n) is 7.41. The van der Waals surface area contributed by atoms with Crippen molar-refractivity contribution in [1.82, 2.24) is 4.90 Å². The van der Waals surface area contributed by atoms with Crippen molar-refractivity contribution in [1.29, 1.82) is 0 Å². The largest absolute Gasteiger partial charge is 0.493 e. The second-order valence-electron chi connectivity index (χ2n) is 5.07. The monoisotopic (exact) mass is 393 g/mol. The van der Waals surface area contributed by atoms with Gasteiger partial charge in [-0.1, -0.05) is 22.0 Å². The van der Waals surface area contributed by atoms with Gasteiger partial charge in [0.1, 0.15) is 12.4 Å². The highest BCUT2D eigenvalue weighted by Gasteiger charge is 2.19. The van der Waals surface area contributed by atoms with Gasteiger partial charge in [-0.2, -0.15) is 0 Å². The van der Waals surface area contributed by atoms with E-state index in [9.17, 15) is 4.79 Å². The first-order valence-corrected chi connectivity index (χ1v) is 8.21. The molecule has 0 spiro atoms. The van der Waals surface area contributed by atoms with Crippen molar-refractivity contribution in [3.05, 3.63) is 52.5 Å². The molecule has 0 radical (unpaired) electrons. The summed E-state index contributed by atoms with van der Waals surface area (Å²) in [6.45, 7) is 0.853. The van der Waals surface area contributed by atoms with Crippen molar-refractivity contribution in [3.8, 4) is 17.2 Å². The molecule has 0 saturated heterocycles. The minimum absolute atomic E-state index is 0.148. The van der Waals surface area contributed by atoms with E-state index >= 15 is 0 Å². The van der Waals surface area contributed by atoms with E-state index < -0.39 is 0 Å². The predicted molar refractivity (Wildman–Crippen MR) is 96.1 cm³/mol. The quantitative estimate of drug-likeness (QED) is 0.720. The molecule has 0 atom stereocenters. The third kappa shape index (κ3) is 4.41. The Morgan fingerprint density at radius 1 is 1.08 bits per heavy atom. The molecule has 6 heteroatoms. The minimum atomic E-state index is -0.148. The second-order valence-corrected chi connectivity index (χ2v) is 5.99. The van der Waals surface area contributed by atoms with E-state index in [0.29, 0.717) is 30.2 Å². The average molecular weight is 394 g/mol. The van der Waals surface area contributed by atoms with Gasteiger partial charge < -0.3 is 19.1 Å². The maximum absolute atomic E-state index is 12.6. The number of ether oxygens (including phenoxy) is 3. The summed E-state index contributed by atoms with van der Waals surface area (Å²) >= 11 is 3.38. The summed E-state index contributed by atoms with van der Waals surface area (Å²) in [5.41, 5.74) is 0.461. The van der Waals surface area contributed by atoms with Crippen LogP contribution in [0.5, 0.6) is 17.2 Å². The highest BCUT2D eigenvalue weighted by atomic mass is 79.9. The van der Waals surface area contributed by atoms with Crippen LogP contribution in [-0.2, 0) is 0 Å². The number of para-hydroxylation sites is 1. The lowest BCUT2D eigenvalue weighted by Crippen LogP contribution is -2.31. The second kappa shape index (κ2) is 8.59. The van der Waals surface area contributed by atoms with Crippen LogP contribution in [0, 0.1) is 0 Å². The number of carbonyl (C=O) groups is 1. The molecule has 0 saturated carbocycles. The lowest BCUT2D eigenvalue weighted by molar-refractivity contribution is 0.0769. The maximum Gasteiger partial charge on any atom is 0.257 e. The van der Waals surface area contributed by atoms with Gasteiger partial charge in [-0.15, -0.1) is 0 Å². The van der Waals surface area contributed by atoms with Gasteiger partial charge in [-0.05, 0) is 36.4 Å². The summed E-state index contributed by atoms with van der Waals surface area (Å²) in [5.74, 6) is 1.58. The minimum Gasteiger partial charge on any atom is -0.493 e. The molecule has 0 unspecified atom stereocenters. The number of carbonyl (C=O) groups excluding carboxylic acids is 1. The summed E-state index contributed by atoms with van der Waals surface area (Å²) < 4.78 is 17.2. The normalized spacial score (nSPS) is 10.2. The third-order valence-corrected chi connectivity index (χ3v) is 4.02. The fraction of sp³-hybridized carbons (Fsp3) is 0.278. The Hall–Kier alpha value is -2.21. The molecule has 0 aliphatic heterocycles. The molecule has 0 N–H and O–H groups in total. The van der Waals surface area contributed by atoms with Crippen LogP contribution >= 0.6 is 15.9 Å². The number of nitrogens with zero attached hydrogens (tertiary/aromatic N) is 1. The smallest absolute Gasteiger partial charge is 0.257 e. The molecule has 2 aromatic rings. The Bertz CT molecular complexity index is 688. The summed E-state index contributed by atoms with van der Waals surface area (Å²) in [5, 5.41) is 0. The van der Waals surface area contributed by atoms with Crippen molar-refractivity contribution in [2.24, 2.45) is 0 Å². The Kier molecular flexibility index (Phi) is 6.49. The average Bonchev–Trinajstić information content (AvgIpc) is 2.61. The summed E-state index contributed by atoms with van der Waals surface area (Å²) in [6.07, 6.45) is 0. The van der Waals surface area contributed by atoms with Crippen molar-refractivity contribution in [2.75, 3.05) is 34.4 Å². The zero-order chi connectivity index (χ0) is 17.5. The van der Waals surface area contributed by atoms with Gasteiger partial charge >= 0.3 is 0 Å². The Morgan fingerprint density at radius 3 is 2.42 bits per heavy atom. The first-order chi connectivity index (χ1) is 11.6. The molecule has 2 rings (SSSR count). The number of likely N-dealkylation sites (N-methyl/N-ethyl adjacent to an activating group) is 1. The number of hydrogen-bond donors (Lipinski definition) is 0. The molecule has 128 valence electrons. The number of methoxy groups -OCH3 is 2. The van der Waals surface area contributed by atoms with E-state index in [1.807, 2.05) is 24.3 Å². The van der Waals surface area contributed by atoms with E-state index in [1.54, 1.807) is 37.3 Å². The van der Waals surface area contributed by atoms with Crippen LogP contribution in [0.1, 0.15) is 10.4 Å². The lowest BCUT2D eigenvalue weighted by Gasteiger charge is -2.19. The van der Waals surface area contributed by atoms with Gasteiger partial charge in [0.2, 0.25) is 0 Å². The number of benzene rings is 2. The van der Waals surface area contributed by atoms with Gasteiger partial charge in [0.25, 0.3) is 5.91 Å². The molecule has 0 bridgehead atoms. The van der Waals surface area contributed by atoms with E-state index in [1.165, 1.54) is 7.11 Å². The van der Waals surface area contributed by atoms with Crippen LogP contribution in [0.3, 0.4) is 0 Å². The number of halogens is 1. The summed E-state index contributed by atoms with van der Waals surface area (Å²) in [6, 6.07) is 12.8. The Balaban J connectivity index is 1.98. The van der Waals surface area contributed by atoms with Gasteiger partial charge in [0, 0.05) is 11.5 Å². The number of hydrogen-bond acceptors (Lipinski definition) is 4. The fourth-order valence-electron chi connectivity index (χ4n) is 2.19. The number of amides is 1. The predicted octanol–water partition coefficient (Wildman–Crippen LogP) is 3.62. The highest BCUT2D eigenvalue weighted by Crippen LogP contribution is 2.31. The van der Waals surface area contributed by atoms with Gasteiger partial charge in [0.05, 0.1) is 26.3 Å². The van der Waals surface area contributed by atoms with E-state index in [4.69, 9.17) is 14.2 Å². The van der Waals surface area contributed by atoms with Crippen molar-refractivity contribution in [3.63, 3.8) is 0 Å². The molecule has 0 fully saturated rings. The van der Waals surface area contributed by atoms with Crippen molar-refractivity contribution in [2.45, 2.75) is 0 Å². The van der Waals surface area contributed by atoms with Crippen molar-refractivity contribution < 1.29 is 19.0 Å². The van der Waals surface area contributed by atoms with Crippen LogP contribution < -0.4 is 14.2 Å². The Morgan fingerprint density at radius 2 is 1.79 bits per heavy atom. The summed E-state index contributed by atoms with van der Waals surface area (Å²) in [7, 11) is 4.79. The molecule has 5 nitrogen and oxygen atoms in total. The van der Waals surface area contributed by atoms with E-state index in [0.717, 1.165) is 10.2 Å². The zero-order valence-corrected chi connectivity index (χ0v) is 15.5. The lowest BCUT2D eigenvalue weighted by atomic mass is 10.1. The molecule has 0 heterocycles. The van der Waals surface area contributed by atoms with Crippen LogP contribution in [0.25, 0.3) is 0 Å². The number of rotatable bonds is 7. The molecule has 2 aromatic carbocycles. The van der Waals surface area contributed by atoms with E-state index in [-0.39, 0.29) is 5.91 Å². The van der Waals surface area contributed by atoms with Gasteiger partial charge in [0.15, 0.2) is 11.5 Å². The van der Waals surface area contributed by atoms with Crippen LogP contribution in [0.2, 0.25) is 0 Å². The van der Waals surface area contributed by atoms with Gasteiger partial charge in [-0.3, -0.25) is 4.79 Å². The highest BCUT2D eigenvalue weighted by molar-refractivity contribution is 9.10. The molecule has 24 heavy (non-hydrogen) atoms. The fourth-order valence-corrected chi connectivity index (χ4v) is 2.46. The SMILES string of the molecule is COc1cccc(C(=O)N(C)CCOc2ccc(Br)cc2)c1OC. The zero-order valence-electron chi connectivity index (χ0n) is 13.9. The molecule has 0 aliphatic carbocycles. The first kappa shape index (κ1) is 18.1. The van der Waals surface area contributed by atoms with Crippen molar-refractivity contribution >= 4 is 21.8 Å². The Labute approximate surface area is 150 Å². The standard InChI is InChI=1S/C18H20BrNO4/c1-20(11-12-24-14-9-7-13(19)8-10-14)18(21)15-5-4-6-16(22-2)17(15)23-3/h4-10H,11-12H2,1-3H3. The van der Waals surface area contributed by atoms with E-state index in [2.05, 4.69) is 15.9 Å². The molecular formula is C18H20BrNO4. The van der Waals surface area contributed by atoms with Gasteiger partial charge in [-0.25, -0.2) is 0 Å². The molecule has 0 aliphatic rings. The molecular weight excluding hydrogens is 374 g/mol. The molecule has 0 aromatic heterocycles. The van der Waals surface area contributed by atoms with Crippen LogP contribution in [0.4, 0.5) is 0 Å². The topological polar surface area (TPSA) is 48.0 Å². The van der Waals surface area contributed by atoms with Crippen LogP contribution in [-0.4, -0.2) is 45.2 Å².